The smallest absolute Gasteiger partial charge is 0.223 e. The maximum absolute atomic E-state index is 12.1. The van der Waals surface area contributed by atoms with Crippen LogP contribution >= 0.6 is 23.4 Å². The quantitative estimate of drug-likeness (QED) is 0.781. The summed E-state index contributed by atoms with van der Waals surface area (Å²) in [5, 5.41) is 0.753. The van der Waals surface area contributed by atoms with E-state index >= 15 is 0 Å². The van der Waals surface area contributed by atoms with Gasteiger partial charge in [-0.2, -0.15) is 0 Å². The maximum Gasteiger partial charge on any atom is 0.223 e. The van der Waals surface area contributed by atoms with Crippen LogP contribution in [0.3, 0.4) is 0 Å². The van der Waals surface area contributed by atoms with Crippen molar-refractivity contribution in [2.24, 2.45) is 5.92 Å². The third-order valence-electron chi connectivity index (χ3n) is 3.41. The Morgan fingerprint density at radius 1 is 1.42 bits per heavy atom. The predicted octanol–water partition coefficient (Wildman–Crippen LogP) is 4.08. The van der Waals surface area contributed by atoms with E-state index in [0.717, 1.165) is 30.3 Å². The molecule has 0 saturated carbocycles. The van der Waals surface area contributed by atoms with Gasteiger partial charge in [0.05, 0.1) is 0 Å². The lowest BCUT2D eigenvalue weighted by Crippen LogP contribution is -2.39. The molecule has 0 aromatic heterocycles. The largest absolute Gasteiger partial charge is 0.342 e. The number of rotatable bonds is 4. The van der Waals surface area contributed by atoms with Crippen LogP contribution in [-0.4, -0.2) is 29.6 Å². The van der Waals surface area contributed by atoms with Crippen LogP contribution in [0.15, 0.2) is 29.2 Å². The van der Waals surface area contributed by atoms with Gasteiger partial charge in [-0.25, -0.2) is 0 Å². The molecule has 0 unspecified atom stereocenters. The van der Waals surface area contributed by atoms with Gasteiger partial charge in [-0.05, 0) is 43.0 Å². The highest BCUT2D eigenvalue weighted by atomic mass is 35.5. The van der Waals surface area contributed by atoms with Crippen molar-refractivity contribution in [1.82, 2.24) is 4.90 Å². The standard InChI is InChI=1S/C15H20ClNOS/c1-12-3-2-9-17(11-12)15(18)8-10-19-14-6-4-13(16)5-7-14/h4-7,12H,2-3,8-11H2,1H3/t12-/m1/s1. The third kappa shape index (κ3) is 4.73. The number of hydrogen-bond donors (Lipinski definition) is 0. The number of amides is 1. The van der Waals surface area contributed by atoms with E-state index in [2.05, 4.69) is 6.92 Å². The first-order valence-electron chi connectivity index (χ1n) is 6.81. The highest BCUT2D eigenvalue weighted by Gasteiger charge is 2.20. The molecule has 1 aliphatic heterocycles. The fraction of sp³-hybridized carbons (Fsp3) is 0.533. The summed E-state index contributed by atoms with van der Waals surface area (Å²) in [6.07, 6.45) is 3.03. The molecule has 2 rings (SSSR count). The molecule has 1 saturated heterocycles. The molecule has 0 aliphatic carbocycles. The number of piperidine rings is 1. The van der Waals surface area contributed by atoms with Crippen molar-refractivity contribution in [3.63, 3.8) is 0 Å². The van der Waals surface area contributed by atoms with Gasteiger partial charge in [-0.3, -0.25) is 4.79 Å². The molecule has 19 heavy (non-hydrogen) atoms. The fourth-order valence-corrected chi connectivity index (χ4v) is 3.33. The SMILES string of the molecule is C[C@@H]1CCCN(C(=O)CCSc2ccc(Cl)cc2)C1. The second-order valence-corrected chi connectivity index (χ2v) is 6.74. The lowest BCUT2D eigenvalue weighted by atomic mass is 10.0. The Labute approximate surface area is 124 Å². The molecule has 1 heterocycles. The zero-order valence-electron chi connectivity index (χ0n) is 11.3. The van der Waals surface area contributed by atoms with Gasteiger partial charge < -0.3 is 4.90 Å². The third-order valence-corrected chi connectivity index (χ3v) is 4.67. The van der Waals surface area contributed by atoms with Crippen LogP contribution in [0.2, 0.25) is 5.02 Å². The van der Waals surface area contributed by atoms with E-state index in [0.29, 0.717) is 18.2 Å². The molecule has 1 aliphatic rings. The lowest BCUT2D eigenvalue weighted by molar-refractivity contribution is -0.132. The molecule has 1 aromatic rings. The number of carbonyl (C=O) groups is 1. The Kier molecular flexibility index (Phi) is 5.59. The van der Waals surface area contributed by atoms with Gasteiger partial charge in [-0.15, -0.1) is 11.8 Å². The Balaban J connectivity index is 1.73. The number of benzene rings is 1. The van der Waals surface area contributed by atoms with Crippen LogP contribution in [0.5, 0.6) is 0 Å². The molecule has 0 bridgehead atoms. The summed E-state index contributed by atoms with van der Waals surface area (Å²) < 4.78 is 0. The number of carbonyl (C=O) groups excluding carboxylic acids is 1. The van der Waals surface area contributed by atoms with Crippen molar-refractivity contribution >= 4 is 29.3 Å². The summed E-state index contributed by atoms with van der Waals surface area (Å²) in [4.78, 5) is 15.3. The molecule has 0 radical (unpaired) electrons. The maximum atomic E-state index is 12.1. The van der Waals surface area contributed by atoms with Crippen LogP contribution in [-0.2, 0) is 4.79 Å². The van der Waals surface area contributed by atoms with Crippen LogP contribution in [0.25, 0.3) is 0 Å². The van der Waals surface area contributed by atoms with Gasteiger partial charge in [0, 0.05) is 35.2 Å². The number of halogens is 1. The summed E-state index contributed by atoms with van der Waals surface area (Å²) >= 11 is 7.56. The van der Waals surface area contributed by atoms with Gasteiger partial charge in [0.1, 0.15) is 0 Å². The van der Waals surface area contributed by atoms with Crippen molar-refractivity contribution in [2.45, 2.75) is 31.1 Å². The van der Waals surface area contributed by atoms with Crippen molar-refractivity contribution in [1.29, 1.82) is 0 Å². The van der Waals surface area contributed by atoms with Crippen molar-refractivity contribution in [3.8, 4) is 0 Å². The van der Waals surface area contributed by atoms with Crippen LogP contribution in [0.4, 0.5) is 0 Å². The van der Waals surface area contributed by atoms with Crippen LogP contribution < -0.4 is 0 Å². The summed E-state index contributed by atoms with van der Waals surface area (Å²) in [7, 11) is 0. The second kappa shape index (κ2) is 7.20. The molecule has 1 amide bonds. The second-order valence-electron chi connectivity index (χ2n) is 5.14. The highest BCUT2D eigenvalue weighted by Crippen LogP contribution is 2.22. The van der Waals surface area contributed by atoms with E-state index < -0.39 is 0 Å². The van der Waals surface area contributed by atoms with Gasteiger partial charge in [0.25, 0.3) is 0 Å². The molecular weight excluding hydrogens is 278 g/mol. The van der Waals surface area contributed by atoms with Crippen molar-refractivity contribution in [2.75, 3.05) is 18.8 Å². The Morgan fingerprint density at radius 3 is 2.84 bits per heavy atom. The Bertz CT molecular complexity index is 421. The Morgan fingerprint density at radius 2 is 2.16 bits per heavy atom. The first-order chi connectivity index (χ1) is 9.15. The molecule has 1 fully saturated rings. The van der Waals surface area contributed by atoms with Crippen LogP contribution in [0.1, 0.15) is 26.2 Å². The van der Waals surface area contributed by atoms with Gasteiger partial charge >= 0.3 is 0 Å². The van der Waals surface area contributed by atoms with Gasteiger partial charge in [0.15, 0.2) is 0 Å². The van der Waals surface area contributed by atoms with Crippen molar-refractivity contribution in [3.05, 3.63) is 29.3 Å². The molecule has 4 heteroatoms. The van der Waals surface area contributed by atoms with Gasteiger partial charge in [0.2, 0.25) is 5.91 Å². The van der Waals surface area contributed by atoms with E-state index in [1.807, 2.05) is 29.2 Å². The molecule has 1 atom stereocenters. The van der Waals surface area contributed by atoms with E-state index in [1.165, 1.54) is 11.3 Å². The first kappa shape index (κ1) is 14.7. The fourth-order valence-electron chi connectivity index (χ4n) is 2.36. The average molecular weight is 298 g/mol. The van der Waals surface area contributed by atoms with E-state index in [-0.39, 0.29) is 0 Å². The monoisotopic (exact) mass is 297 g/mol. The zero-order chi connectivity index (χ0) is 13.7. The van der Waals surface area contributed by atoms with Crippen molar-refractivity contribution < 1.29 is 4.79 Å². The topological polar surface area (TPSA) is 20.3 Å². The number of hydrogen-bond acceptors (Lipinski definition) is 2. The van der Waals surface area contributed by atoms with E-state index in [1.54, 1.807) is 11.8 Å². The molecule has 1 aromatic carbocycles. The van der Waals surface area contributed by atoms with Crippen LogP contribution in [0, 0.1) is 5.92 Å². The average Bonchev–Trinajstić information content (AvgIpc) is 2.41. The normalized spacial score (nSPS) is 19.5. The molecular formula is C15H20ClNOS. The molecule has 104 valence electrons. The minimum atomic E-state index is 0.299. The number of likely N-dealkylation sites (tertiary alicyclic amines) is 1. The highest BCUT2D eigenvalue weighted by molar-refractivity contribution is 7.99. The minimum Gasteiger partial charge on any atom is -0.342 e. The lowest BCUT2D eigenvalue weighted by Gasteiger charge is -2.31. The summed E-state index contributed by atoms with van der Waals surface area (Å²) in [5.41, 5.74) is 0. The number of nitrogens with zero attached hydrogens (tertiary/aromatic N) is 1. The Hall–Kier alpha value is -0.670. The first-order valence-corrected chi connectivity index (χ1v) is 8.17. The minimum absolute atomic E-state index is 0.299. The number of thioether (sulfide) groups is 1. The van der Waals surface area contributed by atoms with E-state index in [9.17, 15) is 4.79 Å². The summed E-state index contributed by atoms with van der Waals surface area (Å²) in [5.74, 6) is 1.79. The van der Waals surface area contributed by atoms with Gasteiger partial charge in [-0.1, -0.05) is 18.5 Å². The summed E-state index contributed by atoms with van der Waals surface area (Å²) in [6.45, 7) is 4.10. The zero-order valence-corrected chi connectivity index (χ0v) is 12.8. The molecule has 0 spiro atoms. The molecule has 0 N–H and O–H groups in total. The predicted molar refractivity (Wildman–Crippen MR) is 81.8 cm³/mol. The molecule has 2 nitrogen and oxygen atoms in total. The summed E-state index contributed by atoms with van der Waals surface area (Å²) in [6, 6.07) is 7.77. The van der Waals surface area contributed by atoms with E-state index in [4.69, 9.17) is 11.6 Å².